The zero-order chi connectivity index (χ0) is 14.1. The smallest absolute Gasteiger partial charge is 0.293 e. The number of rotatable bonds is 3. The molecule has 0 spiro atoms. The molecule has 0 amide bonds. The highest BCUT2D eigenvalue weighted by Crippen LogP contribution is 2.32. The first-order valence-electron chi connectivity index (χ1n) is 4.79. The van der Waals surface area contributed by atoms with Crippen molar-refractivity contribution in [2.75, 3.05) is 6.26 Å². The molecule has 100 valence electrons. The molecule has 0 radical (unpaired) electrons. The van der Waals surface area contributed by atoms with E-state index >= 15 is 0 Å². The van der Waals surface area contributed by atoms with Crippen LogP contribution in [0.5, 0.6) is 0 Å². The Morgan fingerprint density at radius 2 is 1.94 bits per heavy atom. The van der Waals surface area contributed by atoms with Crippen LogP contribution >= 0.6 is 0 Å². The molecule has 0 aliphatic heterocycles. The predicted octanol–water partition coefficient (Wildman–Crippen LogP) is 1.72. The highest BCUT2D eigenvalue weighted by molar-refractivity contribution is 7.92. The number of pyridine rings is 1. The molecule has 1 atom stereocenters. The molecule has 0 aliphatic rings. The van der Waals surface area contributed by atoms with E-state index in [2.05, 4.69) is 4.98 Å². The van der Waals surface area contributed by atoms with E-state index in [0.29, 0.717) is 6.07 Å². The Morgan fingerprint density at radius 3 is 2.39 bits per heavy atom. The van der Waals surface area contributed by atoms with Gasteiger partial charge in [0.25, 0.3) is 0 Å². The fourth-order valence-electron chi connectivity index (χ4n) is 1.25. The summed E-state index contributed by atoms with van der Waals surface area (Å²) in [5.41, 5.74) is -1.92. The van der Waals surface area contributed by atoms with Crippen LogP contribution in [0.25, 0.3) is 0 Å². The molecule has 0 saturated carbocycles. The average molecular weight is 281 g/mol. The summed E-state index contributed by atoms with van der Waals surface area (Å²) < 4.78 is 60.3. The van der Waals surface area contributed by atoms with Crippen LogP contribution in [0.3, 0.4) is 0 Å². The molecule has 0 saturated heterocycles. The Kier molecular flexibility index (Phi) is 3.80. The summed E-state index contributed by atoms with van der Waals surface area (Å²) in [4.78, 5) is 15.2. The van der Waals surface area contributed by atoms with E-state index < -0.39 is 38.2 Å². The van der Waals surface area contributed by atoms with Gasteiger partial charge in [0.15, 0.2) is 15.6 Å². The van der Waals surface area contributed by atoms with Crippen molar-refractivity contribution < 1.29 is 26.4 Å². The second kappa shape index (κ2) is 4.68. The zero-order valence-corrected chi connectivity index (χ0v) is 10.3. The number of sulfone groups is 1. The zero-order valence-electron chi connectivity index (χ0n) is 9.52. The monoisotopic (exact) mass is 281 g/mol. The third-order valence-electron chi connectivity index (χ3n) is 2.40. The Hall–Kier alpha value is -1.44. The number of nitrogens with zero attached hydrogens (tertiary/aromatic N) is 1. The van der Waals surface area contributed by atoms with E-state index in [1.165, 1.54) is 0 Å². The van der Waals surface area contributed by atoms with Crippen molar-refractivity contribution in [3.05, 3.63) is 29.6 Å². The number of ketones is 1. The number of hydrogen-bond acceptors (Lipinski definition) is 4. The first kappa shape index (κ1) is 14.6. The van der Waals surface area contributed by atoms with E-state index in [1.54, 1.807) is 0 Å². The van der Waals surface area contributed by atoms with Gasteiger partial charge < -0.3 is 0 Å². The third-order valence-corrected chi connectivity index (χ3v) is 3.90. The van der Waals surface area contributed by atoms with E-state index in [1.807, 2.05) is 0 Å². The average Bonchev–Trinajstić information content (AvgIpc) is 2.24. The maximum atomic E-state index is 12.6. The number of aromatic nitrogens is 1. The molecular weight excluding hydrogens is 271 g/mol. The Balaban J connectivity index is 3.32. The number of alkyl halides is 3. The lowest BCUT2D eigenvalue weighted by Crippen LogP contribution is -2.28. The van der Waals surface area contributed by atoms with E-state index in [0.717, 1.165) is 25.6 Å². The van der Waals surface area contributed by atoms with Gasteiger partial charge in [0.1, 0.15) is 5.25 Å². The van der Waals surface area contributed by atoms with Gasteiger partial charge in [-0.2, -0.15) is 13.2 Å². The van der Waals surface area contributed by atoms with Gasteiger partial charge in [-0.15, -0.1) is 0 Å². The molecule has 1 heterocycles. The summed E-state index contributed by atoms with van der Waals surface area (Å²) >= 11 is 0. The normalized spacial score (nSPS) is 14.3. The molecule has 1 rings (SSSR count). The van der Waals surface area contributed by atoms with Gasteiger partial charge >= 0.3 is 6.18 Å². The first-order valence-corrected chi connectivity index (χ1v) is 6.75. The first-order chi connectivity index (χ1) is 8.05. The maximum Gasteiger partial charge on any atom is 0.417 e. The number of halogens is 3. The summed E-state index contributed by atoms with van der Waals surface area (Å²) in [7, 11) is -3.76. The quantitative estimate of drug-likeness (QED) is 0.791. The SMILES string of the molecule is CC(C(=O)c1cnccc1C(F)(F)F)S(C)(=O)=O. The van der Waals surface area contributed by atoms with Crippen LogP contribution in [-0.2, 0) is 16.0 Å². The van der Waals surface area contributed by atoms with Crippen molar-refractivity contribution in [2.45, 2.75) is 18.3 Å². The van der Waals surface area contributed by atoms with Gasteiger partial charge in [0, 0.05) is 24.2 Å². The van der Waals surface area contributed by atoms with Crippen molar-refractivity contribution in [1.29, 1.82) is 0 Å². The second-order valence-electron chi connectivity index (χ2n) is 3.76. The highest BCUT2D eigenvalue weighted by Gasteiger charge is 2.37. The third kappa shape index (κ3) is 3.06. The van der Waals surface area contributed by atoms with Crippen molar-refractivity contribution in [1.82, 2.24) is 4.98 Å². The minimum absolute atomic E-state index is 0.641. The molecular formula is C10H10F3NO3S. The molecule has 0 bridgehead atoms. The molecule has 0 aromatic carbocycles. The van der Waals surface area contributed by atoms with Crippen LogP contribution in [0.2, 0.25) is 0 Å². The Bertz CT molecular complexity index is 566. The van der Waals surface area contributed by atoms with Gasteiger partial charge in [-0.3, -0.25) is 9.78 Å². The lowest BCUT2D eigenvalue weighted by Gasteiger charge is -2.13. The largest absolute Gasteiger partial charge is 0.417 e. The molecule has 0 N–H and O–H groups in total. The molecule has 8 heteroatoms. The van der Waals surface area contributed by atoms with E-state index in [9.17, 15) is 26.4 Å². The Labute approximate surface area is 102 Å². The molecule has 18 heavy (non-hydrogen) atoms. The van der Waals surface area contributed by atoms with Gasteiger partial charge in [-0.1, -0.05) is 0 Å². The Morgan fingerprint density at radius 1 is 1.39 bits per heavy atom. The molecule has 1 unspecified atom stereocenters. The lowest BCUT2D eigenvalue weighted by molar-refractivity contribution is -0.138. The number of Topliss-reactive ketones (excluding diaryl/α,β-unsaturated/α-hetero) is 1. The molecule has 0 fully saturated rings. The molecule has 1 aromatic heterocycles. The minimum Gasteiger partial charge on any atom is -0.293 e. The standard InChI is InChI=1S/C10H10F3NO3S/c1-6(18(2,16)17)9(15)7-5-14-4-3-8(7)10(11,12)13/h3-6H,1-2H3. The van der Waals surface area contributed by atoms with E-state index in [4.69, 9.17) is 0 Å². The number of hydrogen-bond donors (Lipinski definition) is 0. The van der Waals surface area contributed by atoms with Crippen LogP contribution in [-0.4, -0.2) is 30.7 Å². The highest BCUT2D eigenvalue weighted by atomic mass is 32.2. The predicted molar refractivity (Wildman–Crippen MR) is 57.9 cm³/mol. The number of carbonyl (C=O) groups excluding carboxylic acids is 1. The van der Waals surface area contributed by atoms with Crippen LogP contribution in [0.4, 0.5) is 13.2 Å². The van der Waals surface area contributed by atoms with Crippen LogP contribution < -0.4 is 0 Å². The summed E-state index contributed by atoms with van der Waals surface area (Å²) in [5, 5.41) is -1.54. The summed E-state index contributed by atoms with van der Waals surface area (Å²) in [5.74, 6) is -1.11. The van der Waals surface area contributed by atoms with E-state index in [-0.39, 0.29) is 0 Å². The fourth-order valence-corrected chi connectivity index (χ4v) is 1.77. The van der Waals surface area contributed by atoms with Gasteiger partial charge in [0.2, 0.25) is 0 Å². The van der Waals surface area contributed by atoms with Gasteiger partial charge in [-0.05, 0) is 13.0 Å². The second-order valence-corrected chi connectivity index (χ2v) is 6.12. The molecule has 4 nitrogen and oxygen atoms in total. The summed E-state index contributed by atoms with van der Waals surface area (Å²) in [6.45, 7) is 1.05. The molecule has 0 aliphatic carbocycles. The van der Waals surface area contributed by atoms with Crippen LogP contribution in [0, 0.1) is 0 Å². The minimum atomic E-state index is -4.73. The lowest BCUT2D eigenvalue weighted by atomic mass is 10.0. The van der Waals surface area contributed by atoms with Crippen molar-refractivity contribution >= 4 is 15.6 Å². The van der Waals surface area contributed by atoms with Crippen LogP contribution in [0.15, 0.2) is 18.5 Å². The maximum absolute atomic E-state index is 12.6. The van der Waals surface area contributed by atoms with Gasteiger partial charge in [0.05, 0.1) is 5.56 Å². The van der Waals surface area contributed by atoms with Crippen molar-refractivity contribution in [3.8, 4) is 0 Å². The summed E-state index contributed by atoms with van der Waals surface area (Å²) in [6.07, 6.45) is -2.32. The van der Waals surface area contributed by atoms with Crippen molar-refractivity contribution in [2.24, 2.45) is 0 Å². The van der Waals surface area contributed by atoms with Gasteiger partial charge in [-0.25, -0.2) is 8.42 Å². The topological polar surface area (TPSA) is 64.1 Å². The number of carbonyl (C=O) groups is 1. The van der Waals surface area contributed by atoms with Crippen LogP contribution in [0.1, 0.15) is 22.8 Å². The summed E-state index contributed by atoms with van der Waals surface area (Å²) in [6, 6.07) is 0.641. The molecule has 1 aromatic rings. The fraction of sp³-hybridized carbons (Fsp3) is 0.400. The van der Waals surface area contributed by atoms with Crippen molar-refractivity contribution in [3.63, 3.8) is 0 Å².